The molecule has 0 radical (unpaired) electrons. The highest BCUT2D eigenvalue weighted by atomic mass is 16.3. The molecule has 0 amide bonds. The quantitative estimate of drug-likeness (QED) is 0.800. The number of likely N-dealkylation sites (tertiary alicyclic amines) is 1. The van der Waals surface area contributed by atoms with Crippen LogP contribution in [0.1, 0.15) is 58.8 Å². The van der Waals surface area contributed by atoms with E-state index < -0.39 is 0 Å². The van der Waals surface area contributed by atoms with E-state index in [2.05, 4.69) is 25.8 Å². The van der Waals surface area contributed by atoms with E-state index in [0.29, 0.717) is 12.0 Å². The first-order valence-corrected chi connectivity index (χ1v) is 7.47. The standard InChI is InChI=1S/C15H29NO/c1-4-13-5-7-14(8-6-13)15(17)9-10-16(3)12(2)11-15/h12-14,17H,4-11H2,1-3H3. The molecule has 17 heavy (non-hydrogen) atoms. The predicted molar refractivity (Wildman–Crippen MR) is 72.0 cm³/mol. The Morgan fingerprint density at radius 3 is 2.41 bits per heavy atom. The molecule has 2 rings (SSSR count). The zero-order valence-electron chi connectivity index (χ0n) is 11.8. The van der Waals surface area contributed by atoms with Crippen LogP contribution in [0.3, 0.4) is 0 Å². The smallest absolute Gasteiger partial charge is 0.0702 e. The predicted octanol–water partition coefficient (Wildman–Crippen LogP) is 3.05. The second-order valence-corrected chi connectivity index (χ2v) is 6.51. The summed E-state index contributed by atoms with van der Waals surface area (Å²) in [6.07, 6.45) is 8.48. The average Bonchev–Trinajstić information content (AvgIpc) is 2.34. The lowest BCUT2D eigenvalue weighted by Crippen LogP contribution is -2.52. The van der Waals surface area contributed by atoms with Crippen molar-refractivity contribution in [3.63, 3.8) is 0 Å². The first-order chi connectivity index (χ1) is 8.05. The molecule has 0 spiro atoms. The Morgan fingerprint density at radius 2 is 1.88 bits per heavy atom. The molecule has 0 aromatic heterocycles. The maximum absolute atomic E-state index is 10.9. The van der Waals surface area contributed by atoms with Crippen LogP contribution in [-0.2, 0) is 0 Å². The molecule has 1 saturated carbocycles. The molecule has 0 aromatic rings. The maximum Gasteiger partial charge on any atom is 0.0702 e. The molecule has 2 atom stereocenters. The highest BCUT2D eigenvalue weighted by molar-refractivity contribution is 4.95. The van der Waals surface area contributed by atoms with Crippen molar-refractivity contribution in [2.24, 2.45) is 11.8 Å². The van der Waals surface area contributed by atoms with E-state index in [1.165, 1.54) is 32.1 Å². The summed E-state index contributed by atoms with van der Waals surface area (Å²) in [6.45, 7) is 5.62. The van der Waals surface area contributed by atoms with Gasteiger partial charge in [-0.3, -0.25) is 0 Å². The minimum Gasteiger partial charge on any atom is -0.389 e. The number of nitrogens with zero attached hydrogens (tertiary/aromatic N) is 1. The van der Waals surface area contributed by atoms with Crippen molar-refractivity contribution >= 4 is 0 Å². The van der Waals surface area contributed by atoms with Gasteiger partial charge >= 0.3 is 0 Å². The molecule has 1 heterocycles. The topological polar surface area (TPSA) is 23.5 Å². The number of hydrogen-bond donors (Lipinski definition) is 1. The Hall–Kier alpha value is -0.0800. The van der Waals surface area contributed by atoms with E-state index in [9.17, 15) is 5.11 Å². The Bertz CT molecular complexity index is 247. The van der Waals surface area contributed by atoms with Crippen molar-refractivity contribution in [2.45, 2.75) is 70.4 Å². The molecular formula is C15H29NO. The third kappa shape index (κ3) is 2.85. The van der Waals surface area contributed by atoms with Gasteiger partial charge in [0, 0.05) is 12.6 Å². The molecule has 2 heteroatoms. The summed E-state index contributed by atoms with van der Waals surface area (Å²) in [6, 6.07) is 0.539. The second-order valence-electron chi connectivity index (χ2n) is 6.51. The molecular weight excluding hydrogens is 210 g/mol. The van der Waals surface area contributed by atoms with Crippen molar-refractivity contribution < 1.29 is 5.11 Å². The molecule has 0 aromatic carbocycles. The maximum atomic E-state index is 10.9. The van der Waals surface area contributed by atoms with Crippen molar-refractivity contribution in [3.05, 3.63) is 0 Å². The molecule has 1 aliphatic heterocycles. The summed E-state index contributed by atoms with van der Waals surface area (Å²) >= 11 is 0. The van der Waals surface area contributed by atoms with Gasteiger partial charge in [-0.1, -0.05) is 26.2 Å². The van der Waals surface area contributed by atoms with Gasteiger partial charge in [-0.15, -0.1) is 0 Å². The first kappa shape index (κ1) is 13.4. The van der Waals surface area contributed by atoms with Gasteiger partial charge in [0.25, 0.3) is 0 Å². The van der Waals surface area contributed by atoms with Gasteiger partial charge in [-0.05, 0) is 51.5 Å². The molecule has 2 unspecified atom stereocenters. The third-order valence-electron chi connectivity index (χ3n) is 5.48. The van der Waals surface area contributed by atoms with Crippen molar-refractivity contribution in [1.82, 2.24) is 4.90 Å². The van der Waals surface area contributed by atoms with Crippen LogP contribution in [0.15, 0.2) is 0 Å². The van der Waals surface area contributed by atoms with Gasteiger partial charge < -0.3 is 10.0 Å². The summed E-state index contributed by atoms with van der Waals surface area (Å²) in [4.78, 5) is 2.38. The fraction of sp³-hybridized carbons (Fsp3) is 1.00. The van der Waals surface area contributed by atoms with Gasteiger partial charge in [0.1, 0.15) is 0 Å². The minimum atomic E-state index is -0.357. The Kier molecular flexibility index (Phi) is 4.14. The molecule has 2 nitrogen and oxygen atoms in total. The lowest BCUT2D eigenvalue weighted by atomic mass is 9.68. The first-order valence-electron chi connectivity index (χ1n) is 7.47. The number of piperidine rings is 1. The Morgan fingerprint density at radius 1 is 1.24 bits per heavy atom. The minimum absolute atomic E-state index is 0.357. The molecule has 100 valence electrons. The van der Waals surface area contributed by atoms with Gasteiger partial charge in [0.15, 0.2) is 0 Å². The SMILES string of the molecule is CCC1CCC(C2(O)CCN(C)C(C)C2)CC1. The van der Waals surface area contributed by atoms with Crippen LogP contribution < -0.4 is 0 Å². The molecule has 1 N–H and O–H groups in total. The lowest BCUT2D eigenvalue weighted by Gasteiger charge is -2.47. The van der Waals surface area contributed by atoms with Gasteiger partial charge in [0.2, 0.25) is 0 Å². The second kappa shape index (κ2) is 5.27. The van der Waals surface area contributed by atoms with Gasteiger partial charge in [0.05, 0.1) is 5.60 Å². The van der Waals surface area contributed by atoms with Crippen molar-refractivity contribution in [1.29, 1.82) is 0 Å². The summed E-state index contributed by atoms with van der Waals surface area (Å²) < 4.78 is 0. The Balaban J connectivity index is 1.93. The van der Waals surface area contributed by atoms with Crippen LogP contribution in [0.25, 0.3) is 0 Å². The van der Waals surface area contributed by atoms with Crippen LogP contribution in [0.2, 0.25) is 0 Å². The highest BCUT2D eigenvalue weighted by Gasteiger charge is 2.42. The fourth-order valence-electron chi connectivity index (χ4n) is 3.84. The normalized spacial score (nSPS) is 44.8. The van der Waals surface area contributed by atoms with Crippen LogP contribution >= 0.6 is 0 Å². The number of rotatable bonds is 2. The zero-order chi connectivity index (χ0) is 12.5. The third-order valence-corrected chi connectivity index (χ3v) is 5.48. The van der Waals surface area contributed by atoms with E-state index in [1.807, 2.05) is 0 Å². The summed E-state index contributed by atoms with van der Waals surface area (Å²) in [5.41, 5.74) is -0.357. The summed E-state index contributed by atoms with van der Waals surface area (Å²) in [5, 5.41) is 10.9. The Labute approximate surface area is 106 Å². The van der Waals surface area contributed by atoms with E-state index in [0.717, 1.165) is 25.3 Å². The molecule has 1 aliphatic carbocycles. The van der Waals surface area contributed by atoms with Crippen LogP contribution in [0.4, 0.5) is 0 Å². The fourth-order valence-corrected chi connectivity index (χ4v) is 3.84. The van der Waals surface area contributed by atoms with E-state index in [1.54, 1.807) is 0 Å². The average molecular weight is 239 g/mol. The summed E-state index contributed by atoms with van der Waals surface area (Å²) in [7, 11) is 2.18. The monoisotopic (exact) mass is 239 g/mol. The molecule has 1 saturated heterocycles. The zero-order valence-corrected chi connectivity index (χ0v) is 11.8. The van der Waals surface area contributed by atoms with Gasteiger partial charge in [-0.2, -0.15) is 0 Å². The van der Waals surface area contributed by atoms with Crippen LogP contribution in [-0.4, -0.2) is 35.2 Å². The van der Waals surface area contributed by atoms with Gasteiger partial charge in [-0.25, -0.2) is 0 Å². The van der Waals surface area contributed by atoms with E-state index >= 15 is 0 Å². The summed E-state index contributed by atoms with van der Waals surface area (Å²) in [5.74, 6) is 1.50. The number of hydrogen-bond acceptors (Lipinski definition) is 2. The highest BCUT2D eigenvalue weighted by Crippen LogP contribution is 2.42. The largest absolute Gasteiger partial charge is 0.389 e. The van der Waals surface area contributed by atoms with Crippen molar-refractivity contribution in [2.75, 3.05) is 13.6 Å². The van der Waals surface area contributed by atoms with Crippen LogP contribution in [0, 0.1) is 11.8 Å². The van der Waals surface area contributed by atoms with Crippen molar-refractivity contribution in [3.8, 4) is 0 Å². The molecule has 2 aliphatic rings. The molecule has 2 fully saturated rings. The van der Waals surface area contributed by atoms with Crippen LogP contribution in [0.5, 0.6) is 0 Å². The van der Waals surface area contributed by atoms with E-state index in [-0.39, 0.29) is 5.60 Å². The van der Waals surface area contributed by atoms with E-state index in [4.69, 9.17) is 0 Å². The number of aliphatic hydroxyl groups is 1. The lowest BCUT2D eigenvalue weighted by molar-refractivity contribution is -0.0918. The molecule has 0 bridgehead atoms.